The molecule has 7 nitrogen and oxygen atoms in total. The summed E-state index contributed by atoms with van der Waals surface area (Å²) < 4.78 is 27.3. The highest BCUT2D eigenvalue weighted by atomic mass is 35.5. The molecule has 1 fully saturated rings. The number of aryl methyl sites for hydroxylation is 1. The molecule has 0 bridgehead atoms. The first kappa shape index (κ1) is 32.8. The summed E-state index contributed by atoms with van der Waals surface area (Å²) in [7, 11) is -3.86. The molecule has 0 spiro atoms. The minimum atomic E-state index is -3.86. The maximum absolute atomic E-state index is 14.4. The van der Waals surface area contributed by atoms with Crippen LogP contribution in [0.25, 0.3) is 0 Å². The van der Waals surface area contributed by atoms with Crippen LogP contribution >= 0.6 is 23.2 Å². The second-order valence-electron chi connectivity index (χ2n) is 11.3. The Bertz CT molecular complexity index is 1540. The first-order valence-corrected chi connectivity index (χ1v) is 17.2. The van der Waals surface area contributed by atoms with Gasteiger partial charge in [0, 0.05) is 29.1 Å². The third-order valence-corrected chi connectivity index (χ3v) is 9.82. The van der Waals surface area contributed by atoms with Gasteiger partial charge in [-0.15, -0.1) is 0 Å². The molecule has 0 aromatic heterocycles. The fraction of sp³-hybridized carbons (Fsp3) is 0.394. The van der Waals surface area contributed by atoms with Crippen molar-refractivity contribution in [1.82, 2.24) is 10.2 Å². The first-order chi connectivity index (χ1) is 20.4. The number of rotatable bonds is 11. The second-order valence-corrected chi connectivity index (χ2v) is 14.0. The molecule has 43 heavy (non-hydrogen) atoms. The summed E-state index contributed by atoms with van der Waals surface area (Å²) in [6, 6.07) is 19.0. The third kappa shape index (κ3) is 8.74. The van der Waals surface area contributed by atoms with Crippen molar-refractivity contribution in [2.24, 2.45) is 0 Å². The third-order valence-electron chi connectivity index (χ3n) is 8.10. The van der Waals surface area contributed by atoms with Crippen molar-refractivity contribution >= 4 is 50.7 Å². The van der Waals surface area contributed by atoms with Gasteiger partial charge < -0.3 is 10.2 Å². The van der Waals surface area contributed by atoms with Crippen molar-refractivity contribution in [1.29, 1.82) is 0 Å². The lowest BCUT2D eigenvalue weighted by Crippen LogP contribution is -2.55. The Morgan fingerprint density at radius 1 is 0.953 bits per heavy atom. The van der Waals surface area contributed by atoms with Crippen LogP contribution in [0.4, 0.5) is 5.69 Å². The van der Waals surface area contributed by atoms with Crippen LogP contribution in [0.3, 0.4) is 0 Å². The number of nitrogens with one attached hydrogen (secondary N) is 1. The van der Waals surface area contributed by atoms with E-state index in [1.54, 1.807) is 30.3 Å². The molecule has 10 heteroatoms. The predicted octanol–water partition coefficient (Wildman–Crippen LogP) is 6.47. The summed E-state index contributed by atoms with van der Waals surface area (Å²) in [4.78, 5) is 29.9. The zero-order valence-corrected chi connectivity index (χ0v) is 27.2. The Hall–Kier alpha value is -3.07. The highest BCUT2D eigenvalue weighted by Crippen LogP contribution is 2.28. The van der Waals surface area contributed by atoms with Crippen LogP contribution in [0.5, 0.6) is 0 Å². The van der Waals surface area contributed by atoms with E-state index in [0.29, 0.717) is 21.3 Å². The zero-order chi connectivity index (χ0) is 31.1. The fourth-order valence-corrected chi connectivity index (χ4v) is 6.90. The number of sulfonamides is 1. The summed E-state index contributed by atoms with van der Waals surface area (Å²) in [5.41, 5.74) is 3.55. The van der Waals surface area contributed by atoms with Crippen LogP contribution in [0, 0.1) is 13.8 Å². The second kappa shape index (κ2) is 14.6. The van der Waals surface area contributed by atoms with Crippen molar-refractivity contribution in [3.05, 3.63) is 99.0 Å². The van der Waals surface area contributed by atoms with Gasteiger partial charge in [0.25, 0.3) is 0 Å². The Balaban J connectivity index is 1.76. The minimum absolute atomic E-state index is 0.00513. The average Bonchev–Trinajstić information content (AvgIpc) is 2.96. The molecule has 230 valence electrons. The molecule has 0 radical (unpaired) electrons. The molecule has 3 aromatic carbocycles. The molecule has 0 aliphatic heterocycles. The quantitative estimate of drug-likeness (QED) is 0.260. The van der Waals surface area contributed by atoms with Gasteiger partial charge in [0.15, 0.2) is 0 Å². The van der Waals surface area contributed by atoms with Crippen molar-refractivity contribution in [3.63, 3.8) is 0 Å². The molecular formula is C33H39Cl2N3O4S. The SMILES string of the molecule is Cc1cccc(N(CC(=O)N(Cc2ccc(Cl)cc2Cl)C(Cc2ccccc2)C(=O)NC2CCCCC2)S(C)(=O)=O)c1C. The lowest BCUT2D eigenvalue weighted by Gasteiger charge is -2.35. The van der Waals surface area contributed by atoms with E-state index >= 15 is 0 Å². The number of carbonyl (C=O) groups excluding carboxylic acids is 2. The summed E-state index contributed by atoms with van der Waals surface area (Å²) in [6.45, 7) is 3.24. The van der Waals surface area contributed by atoms with Crippen LogP contribution < -0.4 is 9.62 Å². The monoisotopic (exact) mass is 643 g/mol. The summed E-state index contributed by atoms with van der Waals surface area (Å²) in [5.74, 6) is -0.788. The van der Waals surface area contributed by atoms with Crippen molar-refractivity contribution in [3.8, 4) is 0 Å². The molecule has 3 aromatic rings. The van der Waals surface area contributed by atoms with Gasteiger partial charge in [-0.25, -0.2) is 8.42 Å². The lowest BCUT2D eigenvalue weighted by molar-refractivity contribution is -0.140. The minimum Gasteiger partial charge on any atom is -0.352 e. The van der Waals surface area contributed by atoms with Gasteiger partial charge in [-0.05, 0) is 67.1 Å². The van der Waals surface area contributed by atoms with E-state index in [9.17, 15) is 18.0 Å². The number of hydrogen-bond acceptors (Lipinski definition) is 4. The molecule has 0 heterocycles. The topological polar surface area (TPSA) is 86.8 Å². The van der Waals surface area contributed by atoms with E-state index in [0.717, 1.165) is 59.4 Å². The number of anilines is 1. The molecule has 4 rings (SSSR count). The van der Waals surface area contributed by atoms with Gasteiger partial charge >= 0.3 is 0 Å². The standard InChI is InChI=1S/C33H39Cl2N3O4S/c1-23-11-10-16-30(24(23)2)38(43(3,41)42)22-32(39)37(21-26-17-18-27(34)20-29(26)35)31(19-25-12-6-4-7-13-25)33(40)36-28-14-8-5-9-15-28/h4,6-7,10-13,16-18,20,28,31H,5,8-9,14-15,19,21-22H2,1-3H3,(H,36,40). The van der Waals surface area contributed by atoms with E-state index in [4.69, 9.17) is 23.2 Å². The Morgan fingerprint density at radius 3 is 2.30 bits per heavy atom. The molecule has 1 aliphatic rings. The first-order valence-electron chi connectivity index (χ1n) is 14.6. The number of hydrogen-bond donors (Lipinski definition) is 1. The fourth-order valence-electron chi connectivity index (χ4n) is 5.53. The Morgan fingerprint density at radius 2 is 1.65 bits per heavy atom. The van der Waals surface area contributed by atoms with E-state index in [1.807, 2.05) is 50.2 Å². The van der Waals surface area contributed by atoms with Crippen molar-refractivity contribution in [2.75, 3.05) is 17.1 Å². The van der Waals surface area contributed by atoms with E-state index in [-0.39, 0.29) is 24.9 Å². The molecule has 1 N–H and O–H groups in total. The molecule has 1 aliphatic carbocycles. The van der Waals surface area contributed by atoms with Gasteiger partial charge in [-0.2, -0.15) is 0 Å². The van der Waals surface area contributed by atoms with Crippen molar-refractivity contribution < 1.29 is 18.0 Å². The molecular weight excluding hydrogens is 605 g/mol. The number of benzene rings is 3. The molecule has 2 amide bonds. The predicted molar refractivity (Wildman–Crippen MR) is 174 cm³/mol. The van der Waals surface area contributed by atoms with Gasteiger partial charge in [0.05, 0.1) is 11.9 Å². The van der Waals surface area contributed by atoms with Crippen molar-refractivity contribution in [2.45, 2.75) is 71.0 Å². The number of nitrogens with zero attached hydrogens (tertiary/aromatic N) is 2. The normalized spacial score (nSPS) is 14.6. The summed E-state index contributed by atoms with van der Waals surface area (Å²) in [5, 5.41) is 3.99. The largest absolute Gasteiger partial charge is 0.352 e. The van der Waals surface area contributed by atoms with Crippen LogP contribution in [-0.4, -0.2) is 50.0 Å². The van der Waals surface area contributed by atoms with Crippen LogP contribution in [-0.2, 0) is 32.6 Å². The van der Waals surface area contributed by atoms with E-state index in [2.05, 4.69) is 5.32 Å². The molecule has 0 saturated heterocycles. The highest BCUT2D eigenvalue weighted by molar-refractivity contribution is 7.92. The number of halogens is 2. The zero-order valence-electron chi connectivity index (χ0n) is 24.9. The Labute approximate surface area is 265 Å². The maximum atomic E-state index is 14.4. The van der Waals surface area contributed by atoms with Crippen LogP contribution in [0.15, 0.2) is 66.7 Å². The van der Waals surface area contributed by atoms with Gasteiger partial charge in [-0.3, -0.25) is 13.9 Å². The lowest BCUT2D eigenvalue weighted by atomic mass is 9.94. The number of amides is 2. The Kier molecular flexibility index (Phi) is 11.2. The molecule has 1 unspecified atom stereocenters. The smallest absolute Gasteiger partial charge is 0.244 e. The van der Waals surface area contributed by atoms with Gasteiger partial charge in [0.2, 0.25) is 21.8 Å². The van der Waals surface area contributed by atoms with Gasteiger partial charge in [-0.1, -0.05) is 91.0 Å². The van der Waals surface area contributed by atoms with Gasteiger partial charge in [0.1, 0.15) is 12.6 Å². The summed E-state index contributed by atoms with van der Waals surface area (Å²) in [6.07, 6.45) is 6.31. The molecule has 1 atom stereocenters. The van der Waals surface area contributed by atoms with E-state index in [1.165, 1.54) is 4.90 Å². The highest BCUT2D eigenvalue weighted by Gasteiger charge is 2.34. The average molecular weight is 645 g/mol. The number of carbonyl (C=O) groups is 2. The van der Waals surface area contributed by atoms with Crippen LogP contribution in [0.1, 0.15) is 54.4 Å². The summed E-state index contributed by atoms with van der Waals surface area (Å²) >= 11 is 12.7. The van der Waals surface area contributed by atoms with E-state index < -0.39 is 28.5 Å². The van der Waals surface area contributed by atoms with Crippen LogP contribution in [0.2, 0.25) is 10.0 Å². The maximum Gasteiger partial charge on any atom is 0.244 e. The molecule has 1 saturated carbocycles.